The zero-order valence-corrected chi connectivity index (χ0v) is 17.5. The number of rotatable bonds is 6. The summed E-state index contributed by atoms with van der Waals surface area (Å²) in [5, 5.41) is 18.3. The number of hydrogen-bond acceptors (Lipinski definition) is 6. The highest BCUT2D eigenvalue weighted by atomic mass is 32.2. The Balaban J connectivity index is 0.000000469. The van der Waals surface area contributed by atoms with Crippen molar-refractivity contribution in [2.75, 3.05) is 32.8 Å². The van der Waals surface area contributed by atoms with E-state index >= 15 is 0 Å². The van der Waals surface area contributed by atoms with Gasteiger partial charge in [0.05, 0.1) is 18.1 Å². The third-order valence-electron chi connectivity index (χ3n) is 4.85. The Hall–Kier alpha value is -2.27. The van der Waals surface area contributed by atoms with E-state index in [4.69, 9.17) is 24.5 Å². The first-order chi connectivity index (χ1) is 14.3. The van der Waals surface area contributed by atoms with Gasteiger partial charge in [-0.2, -0.15) is 4.31 Å². The molecule has 1 saturated heterocycles. The standard InChI is InChI=1S/C18H26N2O3S.C2H2O4/c21-24(22,20-10-12-23-13-11-20)18-8-6-17(7-9-18)15-19-14-16-4-2-1-3-5-16;3-1(4)2(5)6/h1-2,6-9,16,19H,3-5,10-15H2;(H,3,4)(H,5,6). The zero-order valence-electron chi connectivity index (χ0n) is 16.7. The van der Waals surface area contributed by atoms with Crippen LogP contribution in [0.25, 0.3) is 0 Å². The van der Waals surface area contributed by atoms with E-state index in [0.717, 1.165) is 31.0 Å². The summed E-state index contributed by atoms with van der Waals surface area (Å²) in [5.41, 5.74) is 1.11. The lowest BCUT2D eigenvalue weighted by molar-refractivity contribution is -0.159. The third-order valence-corrected chi connectivity index (χ3v) is 6.77. The first-order valence-corrected chi connectivity index (χ1v) is 11.2. The van der Waals surface area contributed by atoms with Gasteiger partial charge in [-0.25, -0.2) is 18.0 Å². The maximum Gasteiger partial charge on any atom is 0.414 e. The predicted molar refractivity (Wildman–Crippen MR) is 109 cm³/mol. The molecule has 0 radical (unpaired) electrons. The summed E-state index contributed by atoms with van der Waals surface area (Å²) in [6.45, 7) is 3.59. The molecule has 1 atom stereocenters. The molecule has 1 unspecified atom stereocenters. The molecule has 166 valence electrons. The summed E-state index contributed by atoms with van der Waals surface area (Å²) < 4.78 is 31.9. The number of carboxylic acid groups (broad SMARTS) is 2. The molecule has 0 spiro atoms. The first-order valence-electron chi connectivity index (χ1n) is 9.79. The number of aliphatic carboxylic acids is 2. The van der Waals surface area contributed by atoms with Gasteiger partial charge in [0, 0.05) is 19.6 Å². The molecule has 2 aliphatic rings. The third kappa shape index (κ3) is 7.52. The SMILES string of the molecule is O=C(O)C(=O)O.O=S(=O)(c1ccc(CNCC2CC=CCC2)cc1)N1CCOCC1. The van der Waals surface area contributed by atoms with Crippen LogP contribution in [0, 0.1) is 5.92 Å². The van der Waals surface area contributed by atoms with Gasteiger partial charge in [-0.3, -0.25) is 0 Å². The second-order valence-corrected chi connectivity index (χ2v) is 8.99. The highest BCUT2D eigenvalue weighted by Crippen LogP contribution is 2.19. The number of nitrogens with one attached hydrogen (secondary N) is 1. The lowest BCUT2D eigenvalue weighted by Gasteiger charge is -2.26. The van der Waals surface area contributed by atoms with Crippen LogP contribution < -0.4 is 5.32 Å². The average molecular weight is 441 g/mol. The molecule has 1 aliphatic carbocycles. The van der Waals surface area contributed by atoms with Crippen LogP contribution in [-0.4, -0.2) is 67.7 Å². The molecule has 1 aliphatic heterocycles. The summed E-state index contributed by atoms with van der Waals surface area (Å²) in [6, 6.07) is 7.23. The lowest BCUT2D eigenvalue weighted by atomic mass is 9.94. The number of hydrogen-bond donors (Lipinski definition) is 3. The van der Waals surface area contributed by atoms with Crippen molar-refractivity contribution in [3.63, 3.8) is 0 Å². The second kappa shape index (κ2) is 11.8. The Morgan fingerprint density at radius 2 is 1.70 bits per heavy atom. The molecule has 3 N–H and O–H groups in total. The number of allylic oxidation sites excluding steroid dienone is 2. The van der Waals surface area contributed by atoms with Crippen LogP contribution in [-0.2, 0) is 30.9 Å². The van der Waals surface area contributed by atoms with Gasteiger partial charge in [-0.05, 0) is 49.4 Å². The fraction of sp³-hybridized carbons (Fsp3) is 0.500. The topological polar surface area (TPSA) is 133 Å². The summed E-state index contributed by atoms with van der Waals surface area (Å²) in [4.78, 5) is 18.6. The van der Waals surface area contributed by atoms with Crippen molar-refractivity contribution in [2.24, 2.45) is 5.92 Å². The number of morpholine rings is 1. The summed E-state index contributed by atoms with van der Waals surface area (Å²) in [5.74, 6) is -2.93. The van der Waals surface area contributed by atoms with Crippen molar-refractivity contribution in [2.45, 2.75) is 30.7 Å². The van der Waals surface area contributed by atoms with Crippen molar-refractivity contribution >= 4 is 22.0 Å². The summed E-state index contributed by atoms with van der Waals surface area (Å²) >= 11 is 0. The molecule has 30 heavy (non-hydrogen) atoms. The number of sulfonamides is 1. The number of ether oxygens (including phenoxy) is 1. The molecule has 1 aromatic rings. The van der Waals surface area contributed by atoms with Gasteiger partial charge in [0.25, 0.3) is 0 Å². The van der Waals surface area contributed by atoms with E-state index < -0.39 is 22.0 Å². The van der Waals surface area contributed by atoms with Crippen LogP contribution in [0.5, 0.6) is 0 Å². The van der Waals surface area contributed by atoms with Crippen molar-refractivity contribution in [1.82, 2.24) is 9.62 Å². The molecule has 10 heteroatoms. The van der Waals surface area contributed by atoms with Gasteiger partial charge in [-0.1, -0.05) is 24.3 Å². The normalized spacial score (nSPS) is 19.5. The predicted octanol–water partition coefficient (Wildman–Crippen LogP) is 1.31. The van der Waals surface area contributed by atoms with E-state index in [9.17, 15) is 8.42 Å². The van der Waals surface area contributed by atoms with Gasteiger partial charge in [0.2, 0.25) is 10.0 Å². The Kier molecular flexibility index (Phi) is 9.44. The molecule has 0 aromatic heterocycles. The van der Waals surface area contributed by atoms with E-state index in [1.807, 2.05) is 12.1 Å². The molecule has 9 nitrogen and oxygen atoms in total. The monoisotopic (exact) mass is 440 g/mol. The molecular formula is C20H28N2O7S. The summed E-state index contributed by atoms with van der Waals surface area (Å²) in [7, 11) is -3.39. The summed E-state index contributed by atoms with van der Waals surface area (Å²) in [6.07, 6.45) is 8.11. The maximum absolute atomic E-state index is 12.6. The van der Waals surface area contributed by atoms with Crippen LogP contribution in [0.1, 0.15) is 24.8 Å². The quantitative estimate of drug-likeness (QED) is 0.445. The minimum absolute atomic E-state index is 0.366. The van der Waals surface area contributed by atoms with E-state index in [0.29, 0.717) is 31.2 Å². The van der Waals surface area contributed by atoms with Crippen LogP contribution in [0.4, 0.5) is 0 Å². The van der Waals surface area contributed by atoms with Crippen LogP contribution >= 0.6 is 0 Å². The molecule has 0 bridgehead atoms. The van der Waals surface area contributed by atoms with Crippen molar-refractivity contribution < 1.29 is 33.0 Å². The van der Waals surface area contributed by atoms with E-state index in [1.54, 1.807) is 12.1 Å². The van der Waals surface area contributed by atoms with E-state index in [1.165, 1.54) is 17.1 Å². The molecule has 1 heterocycles. The zero-order chi connectivity index (χ0) is 22.0. The highest BCUT2D eigenvalue weighted by molar-refractivity contribution is 7.89. The fourth-order valence-electron chi connectivity index (χ4n) is 3.18. The molecular weight excluding hydrogens is 412 g/mol. The molecule has 0 saturated carbocycles. The van der Waals surface area contributed by atoms with Gasteiger partial charge in [0.1, 0.15) is 0 Å². The van der Waals surface area contributed by atoms with Crippen LogP contribution in [0.2, 0.25) is 0 Å². The molecule has 1 fully saturated rings. The molecule has 0 amide bonds. The van der Waals surface area contributed by atoms with Gasteiger partial charge in [0.15, 0.2) is 0 Å². The lowest BCUT2D eigenvalue weighted by Crippen LogP contribution is -2.40. The fourth-order valence-corrected chi connectivity index (χ4v) is 4.59. The highest BCUT2D eigenvalue weighted by Gasteiger charge is 2.26. The van der Waals surface area contributed by atoms with Crippen molar-refractivity contribution in [3.05, 3.63) is 42.0 Å². The second-order valence-electron chi connectivity index (χ2n) is 7.05. The Bertz CT molecular complexity index is 819. The Labute approximate surface area is 176 Å². The number of nitrogens with zero attached hydrogens (tertiary/aromatic N) is 1. The average Bonchev–Trinajstić information content (AvgIpc) is 2.76. The smallest absolute Gasteiger partial charge is 0.414 e. The van der Waals surface area contributed by atoms with Gasteiger partial charge >= 0.3 is 11.9 Å². The van der Waals surface area contributed by atoms with E-state index in [-0.39, 0.29) is 0 Å². The van der Waals surface area contributed by atoms with Crippen molar-refractivity contribution in [1.29, 1.82) is 0 Å². The maximum atomic E-state index is 12.6. The van der Waals surface area contributed by atoms with E-state index in [2.05, 4.69) is 17.5 Å². The Morgan fingerprint density at radius 1 is 1.07 bits per heavy atom. The molecule has 1 aromatic carbocycles. The number of benzene rings is 1. The minimum Gasteiger partial charge on any atom is -0.473 e. The largest absolute Gasteiger partial charge is 0.473 e. The number of carbonyl (C=O) groups is 2. The minimum atomic E-state index is -3.39. The first kappa shape index (κ1) is 24.0. The van der Waals surface area contributed by atoms with Crippen molar-refractivity contribution in [3.8, 4) is 0 Å². The van der Waals surface area contributed by atoms with Gasteiger partial charge < -0.3 is 20.3 Å². The van der Waals surface area contributed by atoms with Crippen LogP contribution in [0.15, 0.2) is 41.3 Å². The molecule has 3 rings (SSSR count). The number of carboxylic acids is 2. The van der Waals surface area contributed by atoms with Gasteiger partial charge in [-0.15, -0.1) is 0 Å². The Morgan fingerprint density at radius 3 is 2.23 bits per heavy atom. The van der Waals surface area contributed by atoms with Crippen LogP contribution in [0.3, 0.4) is 0 Å².